The van der Waals surface area contributed by atoms with E-state index in [1.54, 1.807) is 43.4 Å². The molecular formula is C23H32N3O4+. The van der Waals surface area contributed by atoms with Crippen LogP contribution in [0.25, 0.3) is 0 Å². The maximum absolute atomic E-state index is 12.4. The van der Waals surface area contributed by atoms with Crippen LogP contribution in [0.15, 0.2) is 42.5 Å². The average molecular weight is 415 g/mol. The molecule has 162 valence electrons. The Balaban J connectivity index is 1.91. The standard InChI is InChI=1S/C23H31N3O4/c1-6-26(7-2)23(28)18-9-11-19(12-10-18)24-22(27)16-25(3)15-17-8-13-20(29-4)21(14-17)30-5/h8-14H,6-7,15-16H2,1-5H3,(H,24,27)/p+1. The molecule has 2 N–H and O–H groups in total. The molecule has 0 aliphatic heterocycles. The van der Waals surface area contributed by atoms with Gasteiger partial charge in [-0.2, -0.15) is 0 Å². The molecule has 7 nitrogen and oxygen atoms in total. The second-order valence-corrected chi connectivity index (χ2v) is 7.10. The highest BCUT2D eigenvalue weighted by Gasteiger charge is 2.15. The first-order valence-corrected chi connectivity index (χ1v) is 10.1. The minimum atomic E-state index is -0.0872. The van der Waals surface area contributed by atoms with Crippen molar-refractivity contribution in [3.8, 4) is 11.5 Å². The molecule has 0 spiro atoms. The highest BCUT2D eigenvalue weighted by Crippen LogP contribution is 2.27. The van der Waals surface area contributed by atoms with Crippen molar-refractivity contribution in [1.82, 2.24) is 4.90 Å². The molecule has 0 heterocycles. The molecular weight excluding hydrogens is 382 g/mol. The molecule has 2 aromatic rings. The van der Waals surface area contributed by atoms with Crippen LogP contribution in [0.1, 0.15) is 29.8 Å². The molecule has 1 unspecified atom stereocenters. The largest absolute Gasteiger partial charge is 0.493 e. The fraction of sp³-hybridized carbons (Fsp3) is 0.391. The molecule has 1 atom stereocenters. The predicted molar refractivity (Wildman–Crippen MR) is 117 cm³/mol. The molecule has 0 aromatic heterocycles. The van der Waals surface area contributed by atoms with E-state index in [1.807, 2.05) is 39.1 Å². The minimum absolute atomic E-state index is 0.00280. The summed E-state index contributed by atoms with van der Waals surface area (Å²) in [5, 5.41) is 2.89. The number of hydrogen-bond acceptors (Lipinski definition) is 4. The van der Waals surface area contributed by atoms with E-state index in [1.165, 1.54) is 0 Å². The summed E-state index contributed by atoms with van der Waals surface area (Å²) < 4.78 is 10.6. The van der Waals surface area contributed by atoms with Gasteiger partial charge in [0, 0.05) is 29.9 Å². The van der Waals surface area contributed by atoms with E-state index >= 15 is 0 Å². The van der Waals surface area contributed by atoms with Gasteiger partial charge in [-0.15, -0.1) is 0 Å². The number of amides is 2. The van der Waals surface area contributed by atoms with Gasteiger partial charge in [-0.1, -0.05) is 0 Å². The van der Waals surface area contributed by atoms with Crippen LogP contribution < -0.4 is 19.7 Å². The van der Waals surface area contributed by atoms with E-state index in [0.29, 0.717) is 48.9 Å². The highest BCUT2D eigenvalue weighted by atomic mass is 16.5. The third-order valence-corrected chi connectivity index (χ3v) is 4.88. The lowest BCUT2D eigenvalue weighted by Gasteiger charge is -2.18. The minimum Gasteiger partial charge on any atom is -0.493 e. The first kappa shape index (κ1) is 23.2. The summed E-state index contributed by atoms with van der Waals surface area (Å²) >= 11 is 0. The summed E-state index contributed by atoms with van der Waals surface area (Å²) in [5.74, 6) is 1.26. The van der Waals surface area contributed by atoms with E-state index < -0.39 is 0 Å². The van der Waals surface area contributed by atoms with E-state index in [4.69, 9.17) is 9.47 Å². The number of quaternary nitrogens is 1. The van der Waals surface area contributed by atoms with Crippen molar-refractivity contribution in [1.29, 1.82) is 0 Å². The summed E-state index contributed by atoms with van der Waals surface area (Å²) in [6.07, 6.45) is 0. The van der Waals surface area contributed by atoms with Crippen molar-refractivity contribution in [2.75, 3.05) is 46.2 Å². The summed E-state index contributed by atoms with van der Waals surface area (Å²) in [6.45, 7) is 6.24. The first-order chi connectivity index (χ1) is 14.4. The molecule has 0 aliphatic carbocycles. The molecule has 2 rings (SSSR count). The van der Waals surface area contributed by atoms with Gasteiger partial charge in [-0.3, -0.25) is 9.59 Å². The smallest absolute Gasteiger partial charge is 0.279 e. The van der Waals surface area contributed by atoms with Crippen LogP contribution in [-0.4, -0.2) is 57.6 Å². The van der Waals surface area contributed by atoms with Crippen LogP contribution in [0.3, 0.4) is 0 Å². The van der Waals surface area contributed by atoms with Crippen LogP contribution in [0, 0.1) is 0 Å². The maximum atomic E-state index is 12.4. The number of carbonyl (C=O) groups is 2. The zero-order valence-corrected chi connectivity index (χ0v) is 18.5. The summed E-state index contributed by atoms with van der Waals surface area (Å²) in [4.78, 5) is 27.6. The molecule has 0 fully saturated rings. The predicted octanol–water partition coefficient (Wildman–Crippen LogP) is 1.84. The Morgan fingerprint density at radius 2 is 1.60 bits per heavy atom. The first-order valence-electron chi connectivity index (χ1n) is 10.1. The van der Waals surface area contributed by atoms with E-state index in [-0.39, 0.29) is 11.8 Å². The van der Waals surface area contributed by atoms with Crippen molar-refractivity contribution in [2.24, 2.45) is 0 Å². The van der Waals surface area contributed by atoms with Crippen LogP contribution in [-0.2, 0) is 11.3 Å². The van der Waals surface area contributed by atoms with Gasteiger partial charge in [0.1, 0.15) is 6.54 Å². The van der Waals surface area contributed by atoms with Gasteiger partial charge in [-0.05, 0) is 56.3 Å². The number of likely N-dealkylation sites (N-methyl/N-ethyl adjacent to an activating group) is 1. The molecule has 2 aromatic carbocycles. The Labute approximate surface area is 178 Å². The third kappa shape index (κ3) is 6.22. The monoisotopic (exact) mass is 414 g/mol. The maximum Gasteiger partial charge on any atom is 0.279 e. The van der Waals surface area contributed by atoms with Gasteiger partial charge < -0.3 is 24.6 Å². The van der Waals surface area contributed by atoms with Gasteiger partial charge in [0.15, 0.2) is 18.0 Å². The van der Waals surface area contributed by atoms with E-state index in [9.17, 15) is 9.59 Å². The van der Waals surface area contributed by atoms with Gasteiger partial charge in [0.05, 0.1) is 21.3 Å². The van der Waals surface area contributed by atoms with Crippen molar-refractivity contribution in [3.63, 3.8) is 0 Å². The normalized spacial score (nSPS) is 11.5. The Hall–Kier alpha value is -3.06. The topological polar surface area (TPSA) is 72.3 Å². The fourth-order valence-corrected chi connectivity index (χ4v) is 3.27. The average Bonchev–Trinajstić information content (AvgIpc) is 2.74. The van der Waals surface area contributed by atoms with Crippen LogP contribution in [0.4, 0.5) is 5.69 Å². The van der Waals surface area contributed by atoms with Crippen LogP contribution in [0.5, 0.6) is 11.5 Å². The second-order valence-electron chi connectivity index (χ2n) is 7.10. The zero-order valence-electron chi connectivity index (χ0n) is 18.5. The van der Waals surface area contributed by atoms with Gasteiger partial charge >= 0.3 is 0 Å². The molecule has 0 bridgehead atoms. The van der Waals surface area contributed by atoms with E-state index in [2.05, 4.69) is 5.32 Å². The van der Waals surface area contributed by atoms with Gasteiger partial charge in [0.2, 0.25) is 0 Å². The Morgan fingerprint density at radius 3 is 2.17 bits per heavy atom. The Kier molecular flexibility index (Phi) is 8.68. The van der Waals surface area contributed by atoms with Crippen LogP contribution in [0.2, 0.25) is 0 Å². The molecule has 2 amide bonds. The highest BCUT2D eigenvalue weighted by molar-refractivity contribution is 5.96. The number of carbonyl (C=O) groups excluding carboxylic acids is 2. The molecule has 7 heteroatoms. The number of anilines is 1. The Morgan fingerprint density at radius 1 is 0.967 bits per heavy atom. The summed E-state index contributed by atoms with van der Waals surface area (Å²) in [7, 11) is 5.17. The quantitative estimate of drug-likeness (QED) is 0.622. The lowest BCUT2D eigenvalue weighted by Crippen LogP contribution is -3.08. The number of ether oxygens (including phenoxy) is 2. The Bertz CT molecular complexity index is 848. The summed E-state index contributed by atoms with van der Waals surface area (Å²) in [5.41, 5.74) is 2.35. The number of methoxy groups -OCH3 is 2. The lowest BCUT2D eigenvalue weighted by atomic mass is 10.1. The third-order valence-electron chi connectivity index (χ3n) is 4.88. The van der Waals surface area contributed by atoms with Crippen molar-refractivity contribution < 1.29 is 24.0 Å². The number of hydrogen-bond donors (Lipinski definition) is 2. The van der Waals surface area contributed by atoms with Crippen molar-refractivity contribution in [3.05, 3.63) is 53.6 Å². The number of nitrogens with one attached hydrogen (secondary N) is 2. The zero-order chi connectivity index (χ0) is 22.1. The number of benzene rings is 2. The molecule has 0 aliphatic rings. The number of rotatable bonds is 10. The van der Waals surface area contributed by atoms with Gasteiger partial charge in [-0.25, -0.2) is 0 Å². The molecule has 0 saturated heterocycles. The molecule has 30 heavy (non-hydrogen) atoms. The SMILES string of the molecule is CCN(CC)C(=O)c1ccc(NC(=O)C[NH+](C)Cc2ccc(OC)c(OC)c2)cc1. The van der Waals surface area contributed by atoms with Gasteiger partial charge in [0.25, 0.3) is 11.8 Å². The van der Waals surface area contributed by atoms with Crippen molar-refractivity contribution >= 4 is 17.5 Å². The molecule has 0 radical (unpaired) electrons. The van der Waals surface area contributed by atoms with Crippen molar-refractivity contribution in [2.45, 2.75) is 20.4 Å². The number of nitrogens with zero attached hydrogens (tertiary/aromatic N) is 1. The second kappa shape index (κ2) is 11.2. The van der Waals surface area contributed by atoms with E-state index in [0.717, 1.165) is 10.5 Å². The fourth-order valence-electron chi connectivity index (χ4n) is 3.27. The molecule has 0 saturated carbocycles. The lowest BCUT2D eigenvalue weighted by molar-refractivity contribution is -0.885. The summed E-state index contributed by atoms with van der Waals surface area (Å²) in [6, 6.07) is 12.8. The van der Waals surface area contributed by atoms with Crippen LogP contribution >= 0.6 is 0 Å².